The molecule has 0 aromatic heterocycles. The fourth-order valence-electron chi connectivity index (χ4n) is 11.3. The Balaban J connectivity index is 2.08. The van der Waals surface area contributed by atoms with Crippen molar-refractivity contribution in [1.82, 2.24) is 26.6 Å². The van der Waals surface area contributed by atoms with Crippen LogP contribution in [0.1, 0.15) is 316 Å². The number of benzene rings is 2. The highest BCUT2D eigenvalue weighted by atomic mass is 32.2. The second kappa shape index (κ2) is 58.5. The van der Waals surface area contributed by atoms with Crippen LogP contribution in [0.4, 0.5) is 4.79 Å². The van der Waals surface area contributed by atoms with Crippen LogP contribution in [0.15, 0.2) is 48.5 Å². The molecule has 3 atom stereocenters. The van der Waals surface area contributed by atoms with Crippen LogP contribution in [0.2, 0.25) is 0 Å². The van der Waals surface area contributed by atoms with Gasteiger partial charge in [0.25, 0.3) is 0 Å². The lowest BCUT2D eigenvalue weighted by Gasteiger charge is -2.26. The van der Waals surface area contributed by atoms with Crippen molar-refractivity contribution in [3.05, 3.63) is 59.7 Å². The quantitative estimate of drug-likeness (QED) is 0.0239. The average molecular weight is 1350 g/mol. The number of ether oxygens (including phenoxy) is 4. The van der Waals surface area contributed by atoms with Crippen LogP contribution in [0, 0.1) is 0 Å². The Bertz CT molecular complexity index is 2240. The molecule has 0 aliphatic heterocycles. The molecule has 5 amide bonds. The fraction of sp³-hybridized carbons (Fsp3) is 0.766. The number of alkyl carbamates (subject to hydrolysis) is 1. The van der Waals surface area contributed by atoms with Gasteiger partial charge in [-0.3, -0.25) is 19.2 Å². The van der Waals surface area contributed by atoms with Crippen LogP contribution in [-0.2, 0) is 46.5 Å². The second-order valence-corrected chi connectivity index (χ2v) is 29.1. The van der Waals surface area contributed by atoms with E-state index in [0.717, 1.165) is 37.7 Å². The number of rotatable bonds is 62. The standard InChI is InChI=1S/C77H133N5O10S2/c1-8-10-12-14-16-18-20-22-24-26-28-30-32-34-36-38-40-42-44-49-55-89-68-54-53-67(72(58-68)90-56-50-45-43-41-39-37-35-33-31-29-27-25-23-21-19-17-15-13-11-9-2)59-91-75(87)71(61-94-63-79-65(4)84)81-73(85)69(57-66-51-47-46-48-52-66)80-74(86)70(60-93-62-78-64(3)83)82-76(88)92-77(5,6)7/h46-48,51-54,58,69-71H,8-45,49-50,55-57,59-63H2,1-7H3,(H,78,83)(H,79,84)(H,80,86)(H,81,85)(H,82,88)/t69-,70-,71-/m0/s1. The van der Waals surface area contributed by atoms with E-state index in [1.807, 2.05) is 48.5 Å². The van der Waals surface area contributed by atoms with E-state index >= 15 is 0 Å². The molecule has 17 heteroatoms. The SMILES string of the molecule is CCCCCCCCCCCCCCCCCCCCCCOc1ccc(COC(=O)[C@H](CSCNC(C)=O)NC(=O)[C@H](Cc2ccccc2)NC(=O)[C@H](CSCNC(C)=O)NC(=O)OC(C)(C)C)c(OCCCCCCCCCCCCCCCCCCCCCC)c1. The van der Waals surface area contributed by atoms with E-state index in [2.05, 4.69) is 40.4 Å². The molecule has 0 saturated carbocycles. The van der Waals surface area contributed by atoms with Gasteiger partial charge in [-0.2, -0.15) is 0 Å². The zero-order chi connectivity index (χ0) is 68.4. The first-order valence-corrected chi connectivity index (χ1v) is 39.8. The number of carbonyl (C=O) groups excluding carboxylic acids is 6. The van der Waals surface area contributed by atoms with Crippen LogP contribution in [-0.4, -0.2) is 95.9 Å². The Labute approximate surface area is 580 Å². The molecular formula is C77H133N5O10S2. The summed E-state index contributed by atoms with van der Waals surface area (Å²) in [6.07, 6.45) is 52.1. The van der Waals surface area contributed by atoms with Crippen molar-refractivity contribution in [2.45, 2.75) is 342 Å². The van der Waals surface area contributed by atoms with Gasteiger partial charge in [0.15, 0.2) is 0 Å². The van der Waals surface area contributed by atoms with E-state index in [4.69, 9.17) is 18.9 Å². The van der Waals surface area contributed by atoms with Crippen molar-refractivity contribution in [3.63, 3.8) is 0 Å². The maximum Gasteiger partial charge on any atom is 0.408 e. The van der Waals surface area contributed by atoms with Gasteiger partial charge in [-0.1, -0.05) is 288 Å². The number of thioether (sulfide) groups is 2. The highest BCUT2D eigenvalue weighted by molar-refractivity contribution is 7.99. The average Bonchev–Trinajstić information content (AvgIpc) is 0.917. The van der Waals surface area contributed by atoms with E-state index in [1.54, 1.807) is 20.8 Å². The molecule has 0 radical (unpaired) electrons. The van der Waals surface area contributed by atoms with Gasteiger partial charge in [-0.05, 0) is 51.3 Å². The van der Waals surface area contributed by atoms with Gasteiger partial charge in [0.2, 0.25) is 23.6 Å². The predicted octanol–water partition coefficient (Wildman–Crippen LogP) is 18.9. The summed E-state index contributed by atoms with van der Waals surface area (Å²) >= 11 is 2.43. The summed E-state index contributed by atoms with van der Waals surface area (Å²) in [5.41, 5.74) is 0.528. The number of carbonyl (C=O) groups is 6. The number of amides is 5. The first-order valence-electron chi connectivity index (χ1n) is 37.5. The van der Waals surface area contributed by atoms with Crippen molar-refractivity contribution in [3.8, 4) is 11.5 Å². The van der Waals surface area contributed by atoms with E-state index in [9.17, 15) is 28.8 Å². The van der Waals surface area contributed by atoms with Crippen molar-refractivity contribution < 1.29 is 47.7 Å². The molecular weight excluding hydrogens is 1220 g/mol. The monoisotopic (exact) mass is 1350 g/mol. The summed E-state index contributed by atoms with van der Waals surface area (Å²) < 4.78 is 24.3. The third kappa shape index (κ3) is 49.8. The normalized spacial score (nSPS) is 12.3. The molecule has 0 fully saturated rings. The van der Waals surface area contributed by atoms with Crippen LogP contribution in [0.5, 0.6) is 11.5 Å². The first kappa shape index (κ1) is 85.4. The Morgan fingerprint density at radius 2 is 0.809 bits per heavy atom. The van der Waals surface area contributed by atoms with Crippen LogP contribution >= 0.6 is 23.5 Å². The lowest BCUT2D eigenvalue weighted by atomic mass is 10.0. The number of hydrogen-bond donors (Lipinski definition) is 5. The molecule has 0 aliphatic rings. The Kier molecular flexibility index (Phi) is 53.2. The van der Waals surface area contributed by atoms with Gasteiger partial charge in [0.1, 0.15) is 41.8 Å². The van der Waals surface area contributed by atoms with Crippen molar-refractivity contribution in [2.24, 2.45) is 0 Å². The molecule has 5 N–H and O–H groups in total. The first-order chi connectivity index (χ1) is 45.6. The van der Waals surface area contributed by atoms with Crippen molar-refractivity contribution in [1.29, 1.82) is 0 Å². The molecule has 2 rings (SSSR count). The van der Waals surface area contributed by atoms with E-state index in [-0.39, 0.29) is 48.1 Å². The molecule has 0 saturated heterocycles. The lowest BCUT2D eigenvalue weighted by Crippen LogP contribution is -2.57. The van der Waals surface area contributed by atoms with Crippen molar-refractivity contribution >= 4 is 59.2 Å². The number of hydrogen-bond acceptors (Lipinski definition) is 12. The molecule has 0 aliphatic carbocycles. The molecule has 15 nitrogen and oxygen atoms in total. The minimum absolute atomic E-state index is 0.0363. The van der Waals surface area contributed by atoms with Crippen molar-refractivity contribution in [2.75, 3.05) is 36.5 Å². The van der Waals surface area contributed by atoms with Gasteiger partial charge in [0, 0.05) is 43.4 Å². The van der Waals surface area contributed by atoms with Gasteiger partial charge in [0.05, 0.1) is 25.0 Å². The van der Waals surface area contributed by atoms with Gasteiger partial charge in [-0.15, -0.1) is 23.5 Å². The maximum atomic E-state index is 14.5. The van der Waals surface area contributed by atoms with Gasteiger partial charge in [-0.25, -0.2) is 9.59 Å². The maximum absolute atomic E-state index is 14.5. The minimum Gasteiger partial charge on any atom is -0.493 e. The molecule has 0 spiro atoms. The third-order valence-electron chi connectivity index (χ3n) is 16.9. The van der Waals surface area contributed by atoms with E-state index in [1.165, 1.54) is 262 Å². The molecule has 2 aromatic carbocycles. The summed E-state index contributed by atoms with van der Waals surface area (Å²) in [6, 6.07) is 11.2. The summed E-state index contributed by atoms with van der Waals surface area (Å²) in [5.74, 6) is -0.874. The molecule has 538 valence electrons. The molecule has 0 bridgehead atoms. The predicted molar refractivity (Wildman–Crippen MR) is 393 cm³/mol. The minimum atomic E-state index is -1.21. The largest absolute Gasteiger partial charge is 0.493 e. The Morgan fingerprint density at radius 1 is 0.436 bits per heavy atom. The Hall–Kier alpha value is -4.64. The number of unbranched alkanes of at least 4 members (excludes halogenated alkanes) is 38. The zero-order valence-corrected chi connectivity index (χ0v) is 61.8. The molecule has 0 unspecified atom stereocenters. The van der Waals surface area contributed by atoms with Gasteiger partial charge >= 0.3 is 12.1 Å². The topological polar surface area (TPSA) is 199 Å². The summed E-state index contributed by atoms with van der Waals surface area (Å²) in [6.45, 7) is 13.4. The van der Waals surface area contributed by atoms with Gasteiger partial charge < -0.3 is 45.5 Å². The summed E-state index contributed by atoms with van der Waals surface area (Å²) in [5, 5.41) is 13.7. The van der Waals surface area contributed by atoms with Crippen LogP contribution < -0.4 is 36.1 Å². The Morgan fingerprint density at radius 3 is 1.21 bits per heavy atom. The van der Waals surface area contributed by atoms with Crippen LogP contribution in [0.3, 0.4) is 0 Å². The molecule has 0 heterocycles. The smallest absolute Gasteiger partial charge is 0.408 e. The molecule has 2 aromatic rings. The van der Waals surface area contributed by atoms with E-state index < -0.39 is 47.6 Å². The summed E-state index contributed by atoms with van der Waals surface area (Å²) in [4.78, 5) is 79.4. The number of nitrogens with one attached hydrogen (secondary N) is 5. The van der Waals surface area contributed by atoms with E-state index in [0.29, 0.717) is 30.3 Å². The molecule has 94 heavy (non-hydrogen) atoms. The summed E-state index contributed by atoms with van der Waals surface area (Å²) in [7, 11) is 0. The highest BCUT2D eigenvalue weighted by Gasteiger charge is 2.32. The third-order valence-corrected chi connectivity index (χ3v) is 18.7. The fourth-order valence-corrected chi connectivity index (χ4v) is 13.1. The number of esters is 1. The van der Waals surface area contributed by atoms with Crippen LogP contribution in [0.25, 0.3) is 0 Å². The lowest BCUT2D eigenvalue weighted by molar-refractivity contribution is -0.148. The second-order valence-electron chi connectivity index (χ2n) is 27.0. The zero-order valence-electron chi connectivity index (χ0n) is 60.2. The highest BCUT2D eigenvalue weighted by Crippen LogP contribution is 2.28.